The van der Waals surface area contributed by atoms with Gasteiger partial charge >= 0.3 is 5.97 Å². The minimum absolute atomic E-state index is 0.0217. The predicted octanol–water partition coefficient (Wildman–Crippen LogP) is 20.8. The van der Waals surface area contributed by atoms with Crippen LogP contribution in [0.5, 0.6) is 0 Å². The van der Waals surface area contributed by atoms with Gasteiger partial charge in [-0.2, -0.15) is 0 Å². The van der Waals surface area contributed by atoms with Gasteiger partial charge in [0.15, 0.2) is 0 Å². The van der Waals surface area contributed by atoms with Gasteiger partial charge in [-0.3, -0.25) is 14.2 Å². The lowest BCUT2D eigenvalue weighted by Crippen LogP contribution is -2.47. The number of esters is 1. The smallest absolute Gasteiger partial charge is 0.306 e. The molecule has 3 atom stereocenters. The van der Waals surface area contributed by atoms with Crippen LogP contribution in [0.15, 0.2) is 36.5 Å². The van der Waals surface area contributed by atoms with Crippen LogP contribution in [0.25, 0.3) is 0 Å². The van der Waals surface area contributed by atoms with Crippen molar-refractivity contribution in [3.05, 3.63) is 36.5 Å². The molecule has 0 aliphatic carbocycles. The number of nitrogens with zero attached hydrogens (tertiary/aromatic N) is 1. The topological polar surface area (TPSA) is 114 Å². The van der Waals surface area contributed by atoms with Crippen LogP contribution < -0.4 is 10.2 Å². The second kappa shape index (κ2) is 59.4. The summed E-state index contributed by atoms with van der Waals surface area (Å²) in [5.41, 5.74) is 0. The molecule has 0 spiro atoms. The molecule has 3 unspecified atom stereocenters. The summed E-state index contributed by atoms with van der Waals surface area (Å²) in [6, 6.07) is -0.889. The maximum atomic E-state index is 13.5. The lowest BCUT2D eigenvalue weighted by Gasteiger charge is -2.30. The fraction of sp³-hybridized carbons (Fsp3) is 0.884. The largest absolute Gasteiger partial charge is 0.756 e. The highest BCUT2D eigenvalue weighted by Crippen LogP contribution is 2.38. The number of phosphoric ester groups is 1. The first-order chi connectivity index (χ1) is 38.4. The van der Waals surface area contributed by atoms with Gasteiger partial charge in [-0.25, -0.2) is 0 Å². The molecule has 0 aliphatic rings. The Hall–Kier alpha value is -1.77. The first-order valence-corrected chi connectivity index (χ1v) is 35.8. The monoisotopic (exact) mass is 1130 g/mol. The van der Waals surface area contributed by atoms with E-state index in [2.05, 4.69) is 50.4 Å². The van der Waals surface area contributed by atoms with Crippen LogP contribution in [0.3, 0.4) is 0 Å². The van der Waals surface area contributed by atoms with Gasteiger partial charge in [-0.15, -0.1) is 0 Å². The van der Waals surface area contributed by atoms with Gasteiger partial charge in [0.2, 0.25) is 5.91 Å². The second-order valence-electron chi connectivity index (χ2n) is 24.7. The number of amides is 1. The molecule has 0 saturated heterocycles. The number of ether oxygens (including phenoxy) is 1. The fourth-order valence-electron chi connectivity index (χ4n) is 10.3. The minimum atomic E-state index is -4.70. The van der Waals surface area contributed by atoms with Gasteiger partial charge in [0, 0.05) is 12.8 Å². The highest BCUT2D eigenvalue weighted by atomic mass is 31.2. The van der Waals surface area contributed by atoms with Crippen LogP contribution in [0, 0.1) is 0 Å². The van der Waals surface area contributed by atoms with Crippen molar-refractivity contribution in [2.24, 2.45) is 0 Å². The van der Waals surface area contributed by atoms with Crippen LogP contribution >= 0.6 is 7.82 Å². The van der Waals surface area contributed by atoms with E-state index in [1.165, 1.54) is 225 Å². The van der Waals surface area contributed by atoms with Crippen LogP contribution in [0.4, 0.5) is 0 Å². The molecule has 0 bridgehead atoms. The van der Waals surface area contributed by atoms with E-state index in [4.69, 9.17) is 13.8 Å². The Labute approximate surface area is 491 Å². The molecular weight excluding hydrogens is 1000 g/mol. The predicted molar refractivity (Wildman–Crippen MR) is 340 cm³/mol. The second-order valence-corrected chi connectivity index (χ2v) is 26.1. The average molecular weight is 1130 g/mol. The Bertz CT molecular complexity index is 1450. The summed E-state index contributed by atoms with van der Waals surface area (Å²) in [6.07, 6.45) is 72.8. The van der Waals surface area contributed by atoms with Crippen LogP contribution in [0.1, 0.15) is 342 Å². The fourth-order valence-corrected chi connectivity index (χ4v) is 11.1. The SMILES string of the molecule is CC/C=C/C/C=C/CCCCCCCCCC(=O)NC(COP(=O)([O-])OCC[N+](C)(C)C)C(/C=C\CCCCCCCCCCCC)OC(=O)CCCCCCCCCCCCCCCCCCCCCCCCCCCCC. The minimum Gasteiger partial charge on any atom is -0.756 e. The summed E-state index contributed by atoms with van der Waals surface area (Å²) >= 11 is 0. The number of nitrogens with one attached hydrogen (secondary N) is 1. The number of carbonyl (C=O) groups is 2. The van der Waals surface area contributed by atoms with Crippen molar-refractivity contribution >= 4 is 19.7 Å². The summed E-state index contributed by atoms with van der Waals surface area (Å²) in [5, 5.41) is 3.03. The Morgan fingerprint density at radius 1 is 0.456 bits per heavy atom. The van der Waals surface area contributed by atoms with E-state index < -0.39 is 20.0 Å². The molecule has 0 fully saturated rings. The van der Waals surface area contributed by atoms with E-state index in [0.29, 0.717) is 17.4 Å². The van der Waals surface area contributed by atoms with E-state index in [0.717, 1.165) is 83.5 Å². The molecule has 0 aromatic carbocycles. The first-order valence-electron chi connectivity index (χ1n) is 34.3. The van der Waals surface area contributed by atoms with Crippen molar-refractivity contribution in [3.63, 3.8) is 0 Å². The summed E-state index contributed by atoms with van der Waals surface area (Å²) in [7, 11) is 1.19. The molecule has 0 rings (SSSR count). The molecular formula is C69H133N2O7P. The van der Waals surface area contributed by atoms with Crippen molar-refractivity contribution in [1.82, 2.24) is 5.32 Å². The van der Waals surface area contributed by atoms with Crippen molar-refractivity contribution in [2.45, 2.75) is 354 Å². The zero-order chi connectivity index (χ0) is 57.9. The molecule has 0 aromatic rings. The maximum Gasteiger partial charge on any atom is 0.306 e. The molecule has 79 heavy (non-hydrogen) atoms. The van der Waals surface area contributed by atoms with Gasteiger partial charge in [-0.05, 0) is 57.4 Å². The highest BCUT2D eigenvalue weighted by Gasteiger charge is 2.27. The number of carbonyl (C=O) groups excluding carboxylic acids is 2. The molecule has 9 nitrogen and oxygen atoms in total. The average Bonchev–Trinajstić information content (AvgIpc) is 3.41. The molecule has 1 amide bonds. The van der Waals surface area contributed by atoms with Gasteiger partial charge in [0.05, 0.1) is 33.8 Å². The van der Waals surface area contributed by atoms with E-state index >= 15 is 0 Å². The van der Waals surface area contributed by atoms with Crippen molar-refractivity contribution in [3.8, 4) is 0 Å². The molecule has 0 saturated carbocycles. The first kappa shape index (κ1) is 77.2. The standard InChI is InChI=1S/C69H133N2O7P/c1-7-10-13-16-19-22-25-28-30-31-32-33-34-35-36-37-38-39-40-41-42-44-47-50-53-56-59-62-69(73)78-67(60-57-54-51-48-45-27-24-21-18-15-12-9-3)66(65-77-79(74,75)76-64-63-71(4,5)6)70-68(72)61-58-55-52-49-46-43-29-26-23-20-17-14-11-8-2/h11,14,20,23,57,60,66-67H,7-10,12-13,15-19,21-22,24-56,58-59,61-65H2,1-6H3,(H-,70,72,74,75)/b14-11+,23-20+,60-57-. The van der Waals surface area contributed by atoms with Crippen molar-refractivity contribution in [2.75, 3.05) is 40.9 Å². The number of quaternary nitrogens is 1. The third kappa shape index (κ3) is 60.6. The Morgan fingerprint density at radius 2 is 0.810 bits per heavy atom. The number of phosphoric acid groups is 1. The number of allylic oxidation sites excluding steroid dienone is 5. The Balaban J connectivity index is 4.96. The van der Waals surface area contributed by atoms with Crippen molar-refractivity contribution < 1.29 is 37.3 Å². The quantitative estimate of drug-likeness (QED) is 0.0212. The van der Waals surface area contributed by atoms with Crippen LogP contribution in [0.2, 0.25) is 0 Å². The normalized spacial score (nSPS) is 13.8. The third-order valence-electron chi connectivity index (χ3n) is 15.6. The summed E-state index contributed by atoms with van der Waals surface area (Å²) in [6.45, 7) is 6.78. The molecule has 10 heteroatoms. The number of hydrogen-bond acceptors (Lipinski definition) is 7. The maximum absolute atomic E-state index is 13.5. The Morgan fingerprint density at radius 3 is 1.20 bits per heavy atom. The summed E-state index contributed by atoms with van der Waals surface area (Å²) in [5.74, 6) is -0.535. The number of likely N-dealkylation sites (N-methyl/N-ethyl adjacent to an activating group) is 1. The molecule has 0 radical (unpaired) electrons. The van der Waals surface area contributed by atoms with Gasteiger partial charge in [-0.1, -0.05) is 308 Å². The van der Waals surface area contributed by atoms with Gasteiger partial charge < -0.3 is 28.5 Å². The lowest BCUT2D eigenvalue weighted by molar-refractivity contribution is -0.870. The van der Waals surface area contributed by atoms with Gasteiger partial charge in [0.25, 0.3) is 7.82 Å². The van der Waals surface area contributed by atoms with Crippen molar-refractivity contribution in [1.29, 1.82) is 0 Å². The van der Waals surface area contributed by atoms with Crippen LogP contribution in [-0.4, -0.2) is 69.4 Å². The molecule has 0 heterocycles. The zero-order valence-electron chi connectivity index (χ0n) is 53.3. The number of hydrogen-bond donors (Lipinski definition) is 1. The summed E-state index contributed by atoms with van der Waals surface area (Å²) < 4.78 is 30.4. The van der Waals surface area contributed by atoms with Gasteiger partial charge in [0.1, 0.15) is 19.3 Å². The summed E-state index contributed by atoms with van der Waals surface area (Å²) in [4.78, 5) is 40.0. The molecule has 0 aromatic heterocycles. The third-order valence-corrected chi connectivity index (χ3v) is 16.5. The molecule has 466 valence electrons. The number of unbranched alkanes of at least 4 members (excludes halogenated alkanes) is 43. The lowest BCUT2D eigenvalue weighted by atomic mass is 10.0. The molecule has 0 aliphatic heterocycles. The van der Waals surface area contributed by atoms with E-state index in [1.54, 1.807) is 0 Å². The highest BCUT2D eigenvalue weighted by molar-refractivity contribution is 7.45. The van der Waals surface area contributed by atoms with E-state index in [1.807, 2.05) is 33.3 Å². The number of rotatable bonds is 63. The zero-order valence-corrected chi connectivity index (χ0v) is 54.2. The molecule has 1 N–H and O–H groups in total. The van der Waals surface area contributed by atoms with Crippen LogP contribution in [-0.2, 0) is 27.9 Å². The Kier molecular flexibility index (Phi) is 58.1. The van der Waals surface area contributed by atoms with E-state index in [-0.39, 0.29) is 31.5 Å². The van der Waals surface area contributed by atoms with E-state index in [9.17, 15) is 19.0 Å².